The second-order valence-corrected chi connectivity index (χ2v) is 4.56. The summed E-state index contributed by atoms with van der Waals surface area (Å²) < 4.78 is 31.2. The lowest BCUT2D eigenvalue weighted by molar-refractivity contribution is 0.461. The van der Waals surface area contributed by atoms with Gasteiger partial charge in [0.15, 0.2) is 11.6 Å². The number of hydrogen-bond donors (Lipinski definition) is 1. The second-order valence-electron chi connectivity index (χ2n) is 4.16. The predicted octanol–water partition coefficient (Wildman–Crippen LogP) is 4.43. The highest BCUT2D eigenvalue weighted by atomic mass is 35.5. The Balaban J connectivity index is 2.25. The molecule has 0 unspecified atom stereocenters. The number of ether oxygens (including phenoxy) is 1. The molecule has 2 aromatic carbocycles. The van der Waals surface area contributed by atoms with Crippen LogP contribution in [0.2, 0.25) is 5.02 Å². The molecule has 0 radical (unpaired) electrons. The van der Waals surface area contributed by atoms with Gasteiger partial charge in [-0.15, -0.1) is 0 Å². The van der Waals surface area contributed by atoms with Crippen LogP contribution in [0.15, 0.2) is 36.4 Å². The van der Waals surface area contributed by atoms with Crippen LogP contribution in [0.25, 0.3) is 0 Å². The van der Waals surface area contributed by atoms with E-state index in [-0.39, 0.29) is 11.8 Å². The van der Waals surface area contributed by atoms with Crippen LogP contribution in [0.5, 0.6) is 11.5 Å². The second kappa shape index (κ2) is 5.55. The summed E-state index contributed by atoms with van der Waals surface area (Å²) in [5.41, 5.74) is 6.59. The molecule has 0 bridgehead atoms. The Morgan fingerprint density at radius 3 is 2.42 bits per heavy atom. The molecular formula is C14H12ClF2NO. The summed E-state index contributed by atoms with van der Waals surface area (Å²) in [6.07, 6.45) is 0. The highest BCUT2D eigenvalue weighted by molar-refractivity contribution is 6.32. The van der Waals surface area contributed by atoms with E-state index in [1.54, 1.807) is 18.2 Å². The van der Waals surface area contributed by atoms with Gasteiger partial charge in [-0.2, -0.15) is 0 Å². The van der Waals surface area contributed by atoms with E-state index in [2.05, 4.69) is 0 Å². The van der Waals surface area contributed by atoms with Crippen LogP contribution >= 0.6 is 11.6 Å². The Kier molecular flexibility index (Phi) is 4.02. The van der Waals surface area contributed by atoms with E-state index >= 15 is 0 Å². The van der Waals surface area contributed by atoms with E-state index in [4.69, 9.17) is 22.1 Å². The van der Waals surface area contributed by atoms with Gasteiger partial charge >= 0.3 is 0 Å². The molecule has 0 aliphatic heterocycles. The molecule has 0 amide bonds. The van der Waals surface area contributed by atoms with Gasteiger partial charge in [-0.3, -0.25) is 0 Å². The highest BCUT2D eigenvalue weighted by Crippen LogP contribution is 2.31. The zero-order chi connectivity index (χ0) is 14.0. The number of halogens is 3. The molecule has 0 aliphatic rings. The van der Waals surface area contributed by atoms with Crippen LogP contribution in [0, 0.1) is 11.6 Å². The molecule has 0 heterocycles. The molecule has 2 N–H and O–H groups in total. The molecule has 0 spiro atoms. The lowest BCUT2D eigenvalue weighted by Gasteiger charge is -2.11. The van der Waals surface area contributed by atoms with Crippen LogP contribution < -0.4 is 10.5 Å². The predicted molar refractivity (Wildman–Crippen MR) is 70.5 cm³/mol. The smallest absolute Gasteiger partial charge is 0.162 e. The zero-order valence-electron chi connectivity index (χ0n) is 10.2. The number of nitrogens with two attached hydrogens (primary N) is 1. The SMILES string of the molecule is C[C@@H](N)c1ccc(Oc2ccc(F)c(F)c2)c(Cl)c1. The first-order valence-corrected chi connectivity index (χ1v) is 6.03. The Hall–Kier alpha value is -1.65. The minimum absolute atomic E-state index is 0.144. The minimum Gasteiger partial charge on any atom is -0.456 e. The molecule has 0 saturated carbocycles. The van der Waals surface area contributed by atoms with Crippen molar-refractivity contribution in [1.29, 1.82) is 0 Å². The molecule has 0 aromatic heterocycles. The van der Waals surface area contributed by atoms with Gasteiger partial charge in [-0.1, -0.05) is 17.7 Å². The molecule has 0 aliphatic carbocycles. The molecule has 1 atom stereocenters. The first-order valence-electron chi connectivity index (χ1n) is 5.65. The summed E-state index contributed by atoms with van der Waals surface area (Å²) in [6, 6.07) is 8.24. The number of benzene rings is 2. The molecule has 0 fully saturated rings. The van der Waals surface area contributed by atoms with Gasteiger partial charge in [0.1, 0.15) is 11.5 Å². The topological polar surface area (TPSA) is 35.2 Å². The fourth-order valence-corrected chi connectivity index (χ4v) is 1.78. The van der Waals surface area contributed by atoms with Gasteiger partial charge in [-0.25, -0.2) is 8.78 Å². The first kappa shape index (κ1) is 13.8. The maximum atomic E-state index is 13.0. The van der Waals surface area contributed by atoms with Crippen molar-refractivity contribution in [3.05, 3.63) is 58.6 Å². The quantitative estimate of drug-likeness (QED) is 0.904. The van der Waals surface area contributed by atoms with Gasteiger partial charge in [0.25, 0.3) is 0 Å². The van der Waals surface area contributed by atoms with E-state index in [0.29, 0.717) is 10.8 Å². The number of rotatable bonds is 3. The van der Waals surface area contributed by atoms with E-state index in [0.717, 1.165) is 17.7 Å². The van der Waals surface area contributed by atoms with Crippen molar-refractivity contribution >= 4 is 11.6 Å². The lowest BCUT2D eigenvalue weighted by Crippen LogP contribution is -2.04. The van der Waals surface area contributed by atoms with E-state index in [1.807, 2.05) is 6.92 Å². The van der Waals surface area contributed by atoms with Crippen molar-refractivity contribution in [2.75, 3.05) is 0 Å². The summed E-state index contributed by atoms with van der Waals surface area (Å²) >= 11 is 6.05. The molecule has 0 saturated heterocycles. The standard InChI is InChI=1S/C14H12ClF2NO/c1-8(18)9-2-5-14(11(15)6-9)19-10-3-4-12(16)13(17)7-10/h2-8H,18H2,1H3/t8-/m1/s1. The van der Waals surface area contributed by atoms with Crippen LogP contribution in [-0.4, -0.2) is 0 Å². The summed E-state index contributed by atoms with van der Waals surface area (Å²) in [4.78, 5) is 0. The van der Waals surface area contributed by atoms with Gasteiger partial charge < -0.3 is 10.5 Å². The Labute approximate surface area is 114 Å². The van der Waals surface area contributed by atoms with Crippen molar-refractivity contribution in [2.45, 2.75) is 13.0 Å². The van der Waals surface area contributed by atoms with Gasteiger partial charge in [-0.05, 0) is 36.8 Å². The van der Waals surface area contributed by atoms with Crippen LogP contribution in [0.3, 0.4) is 0 Å². The van der Waals surface area contributed by atoms with Crippen LogP contribution in [0.1, 0.15) is 18.5 Å². The average Bonchev–Trinajstić information content (AvgIpc) is 2.36. The normalized spacial score (nSPS) is 12.3. The third kappa shape index (κ3) is 3.22. The lowest BCUT2D eigenvalue weighted by atomic mass is 10.1. The Bertz CT molecular complexity index is 602. The fourth-order valence-electron chi connectivity index (χ4n) is 1.55. The monoisotopic (exact) mass is 283 g/mol. The third-order valence-electron chi connectivity index (χ3n) is 2.60. The molecule has 2 nitrogen and oxygen atoms in total. The summed E-state index contributed by atoms with van der Waals surface area (Å²) in [5, 5.41) is 0.361. The minimum atomic E-state index is -0.971. The largest absolute Gasteiger partial charge is 0.456 e. The zero-order valence-corrected chi connectivity index (χ0v) is 10.9. The molecular weight excluding hydrogens is 272 g/mol. The van der Waals surface area contributed by atoms with Crippen molar-refractivity contribution in [1.82, 2.24) is 0 Å². The molecule has 5 heteroatoms. The van der Waals surface area contributed by atoms with Crippen molar-refractivity contribution < 1.29 is 13.5 Å². The fraction of sp³-hybridized carbons (Fsp3) is 0.143. The Morgan fingerprint density at radius 2 is 1.84 bits per heavy atom. The molecule has 2 aromatic rings. The highest BCUT2D eigenvalue weighted by Gasteiger charge is 2.09. The molecule has 19 heavy (non-hydrogen) atoms. The van der Waals surface area contributed by atoms with Crippen molar-refractivity contribution in [3.8, 4) is 11.5 Å². The third-order valence-corrected chi connectivity index (χ3v) is 2.90. The maximum absolute atomic E-state index is 13.0. The Morgan fingerprint density at radius 1 is 1.11 bits per heavy atom. The van der Waals surface area contributed by atoms with Gasteiger partial charge in [0, 0.05) is 12.1 Å². The summed E-state index contributed by atoms with van der Waals surface area (Å²) in [5.74, 6) is -1.36. The number of hydrogen-bond acceptors (Lipinski definition) is 2. The average molecular weight is 284 g/mol. The van der Waals surface area contributed by atoms with E-state index < -0.39 is 11.6 Å². The summed E-state index contributed by atoms with van der Waals surface area (Å²) in [7, 11) is 0. The summed E-state index contributed by atoms with van der Waals surface area (Å²) in [6.45, 7) is 1.83. The van der Waals surface area contributed by atoms with Crippen LogP contribution in [-0.2, 0) is 0 Å². The molecule has 2 rings (SSSR count). The van der Waals surface area contributed by atoms with Gasteiger partial charge in [0.05, 0.1) is 5.02 Å². The maximum Gasteiger partial charge on any atom is 0.162 e. The van der Waals surface area contributed by atoms with E-state index in [1.165, 1.54) is 6.07 Å². The van der Waals surface area contributed by atoms with Crippen LogP contribution in [0.4, 0.5) is 8.78 Å². The van der Waals surface area contributed by atoms with Crippen molar-refractivity contribution in [2.24, 2.45) is 5.73 Å². The molecule has 100 valence electrons. The van der Waals surface area contributed by atoms with E-state index in [9.17, 15) is 8.78 Å². The first-order chi connectivity index (χ1) is 8.97. The van der Waals surface area contributed by atoms with Crippen molar-refractivity contribution in [3.63, 3.8) is 0 Å². The van der Waals surface area contributed by atoms with Gasteiger partial charge in [0.2, 0.25) is 0 Å².